The molecule has 2 aliphatic heterocycles. The van der Waals surface area contributed by atoms with Gasteiger partial charge in [0, 0.05) is 18.4 Å². The summed E-state index contributed by atoms with van der Waals surface area (Å²) in [5.74, 6) is 1.29. The Kier molecular flexibility index (Phi) is 3.56. The number of amides is 1. The van der Waals surface area contributed by atoms with Crippen molar-refractivity contribution in [3.63, 3.8) is 0 Å². The van der Waals surface area contributed by atoms with E-state index < -0.39 is 0 Å². The average Bonchev–Trinajstić information content (AvgIpc) is 3.30. The smallest absolute Gasteiger partial charge is 0.240 e. The number of nitrogens with zero attached hydrogens (tertiary/aromatic N) is 1. The van der Waals surface area contributed by atoms with E-state index in [9.17, 15) is 4.79 Å². The average molecular weight is 276 g/mol. The number of methoxy groups -OCH3 is 1. The zero-order chi connectivity index (χ0) is 13.9. The molecule has 20 heavy (non-hydrogen) atoms. The summed E-state index contributed by atoms with van der Waals surface area (Å²) in [5.41, 5.74) is 4.27. The molecule has 1 N–H and O–H groups in total. The number of rotatable bonds is 5. The van der Waals surface area contributed by atoms with E-state index in [1.54, 1.807) is 7.11 Å². The summed E-state index contributed by atoms with van der Waals surface area (Å²) >= 11 is 0. The molecule has 1 aromatic rings. The third kappa shape index (κ3) is 2.91. The van der Waals surface area contributed by atoms with Gasteiger partial charge >= 0.3 is 0 Å². The van der Waals surface area contributed by atoms with Crippen molar-refractivity contribution in [3.05, 3.63) is 23.8 Å². The van der Waals surface area contributed by atoms with Gasteiger partial charge in [-0.3, -0.25) is 4.79 Å². The highest BCUT2D eigenvalue weighted by molar-refractivity contribution is 6.04. The molecule has 1 atom stereocenters. The van der Waals surface area contributed by atoms with Crippen molar-refractivity contribution in [3.8, 4) is 11.5 Å². The largest absolute Gasteiger partial charge is 0.493 e. The lowest BCUT2D eigenvalue weighted by Crippen LogP contribution is -2.25. The third-order valence-corrected chi connectivity index (χ3v) is 3.23. The van der Waals surface area contributed by atoms with Crippen molar-refractivity contribution in [2.24, 2.45) is 5.10 Å². The highest BCUT2D eigenvalue weighted by atomic mass is 16.6. The van der Waals surface area contributed by atoms with E-state index in [0.717, 1.165) is 17.9 Å². The number of nitrogens with one attached hydrogen (secondary N) is 1. The first kappa shape index (κ1) is 12.9. The van der Waals surface area contributed by atoms with E-state index in [1.165, 1.54) is 0 Å². The monoisotopic (exact) mass is 276 g/mol. The lowest BCUT2D eigenvalue weighted by Gasteiger charge is -2.15. The summed E-state index contributed by atoms with van der Waals surface area (Å²) < 4.78 is 16.1. The van der Waals surface area contributed by atoms with Gasteiger partial charge in [0.15, 0.2) is 11.5 Å². The van der Waals surface area contributed by atoms with E-state index in [-0.39, 0.29) is 12.0 Å². The number of hydrazone groups is 1. The highest BCUT2D eigenvalue weighted by Crippen LogP contribution is 2.30. The number of hydrogen-bond acceptors (Lipinski definition) is 5. The number of carbonyl (C=O) groups excluding carboxylic acids is 1. The topological polar surface area (TPSA) is 72.5 Å². The maximum absolute atomic E-state index is 11.1. The molecule has 3 rings (SSSR count). The standard InChI is InChI=1S/C14H16N2O4/c1-18-13-6-9(11-3-5-14(17)16-15-11)2-4-12(13)20-8-10-7-19-10/h2,4,6,10H,3,5,7-8H2,1H3,(H,16,17). The maximum Gasteiger partial charge on any atom is 0.240 e. The van der Waals surface area contributed by atoms with Crippen molar-refractivity contribution < 1.29 is 19.0 Å². The van der Waals surface area contributed by atoms with Crippen LogP contribution in [0.15, 0.2) is 23.3 Å². The molecule has 0 bridgehead atoms. The van der Waals surface area contributed by atoms with Gasteiger partial charge in [0.25, 0.3) is 0 Å². The van der Waals surface area contributed by atoms with Crippen LogP contribution in [0.1, 0.15) is 18.4 Å². The molecule has 2 heterocycles. The summed E-state index contributed by atoms with van der Waals surface area (Å²) in [6, 6.07) is 5.65. The Labute approximate surface area is 116 Å². The third-order valence-electron chi connectivity index (χ3n) is 3.23. The second kappa shape index (κ2) is 5.50. The fourth-order valence-corrected chi connectivity index (χ4v) is 2.00. The molecule has 0 radical (unpaired) electrons. The molecule has 1 saturated heterocycles. The van der Waals surface area contributed by atoms with E-state index in [1.807, 2.05) is 18.2 Å². The van der Waals surface area contributed by atoms with Crippen LogP contribution in [0.25, 0.3) is 0 Å². The Morgan fingerprint density at radius 3 is 2.90 bits per heavy atom. The fraction of sp³-hybridized carbons (Fsp3) is 0.429. The minimum atomic E-state index is -0.0508. The van der Waals surface area contributed by atoms with Gasteiger partial charge in [-0.05, 0) is 18.2 Å². The molecule has 1 aromatic carbocycles. The van der Waals surface area contributed by atoms with Gasteiger partial charge < -0.3 is 14.2 Å². The maximum atomic E-state index is 11.1. The van der Waals surface area contributed by atoms with Crippen molar-refractivity contribution in [1.29, 1.82) is 0 Å². The normalized spacial score (nSPS) is 20.9. The number of ether oxygens (including phenoxy) is 3. The molecule has 1 fully saturated rings. The quantitative estimate of drug-likeness (QED) is 0.817. The van der Waals surface area contributed by atoms with Crippen molar-refractivity contribution in [1.82, 2.24) is 5.43 Å². The number of epoxide rings is 1. The second-order valence-electron chi connectivity index (χ2n) is 4.73. The molecular formula is C14H16N2O4. The number of carbonyl (C=O) groups is 1. The Morgan fingerprint density at radius 1 is 1.40 bits per heavy atom. The van der Waals surface area contributed by atoms with Crippen molar-refractivity contribution in [2.75, 3.05) is 20.3 Å². The van der Waals surface area contributed by atoms with Crippen molar-refractivity contribution in [2.45, 2.75) is 18.9 Å². The minimum absolute atomic E-state index is 0.0508. The van der Waals surface area contributed by atoms with Gasteiger partial charge in [-0.1, -0.05) is 0 Å². The van der Waals surface area contributed by atoms with Crippen LogP contribution in [0.5, 0.6) is 11.5 Å². The Balaban J connectivity index is 1.77. The molecule has 6 heteroatoms. The van der Waals surface area contributed by atoms with Crippen LogP contribution in [0, 0.1) is 0 Å². The first-order valence-electron chi connectivity index (χ1n) is 6.54. The van der Waals surface area contributed by atoms with Gasteiger partial charge in [-0.25, -0.2) is 5.43 Å². The van der Waals surface area contributed by atoms with Gasteiger partial charge in [0.05, 0.1) is 19.4 Å². The van der Waals surface area contributed by atoms with Gasteiger partial charge in [-0.15, -0.1) is 0 Å². The summed E-state index contributed by atoms with van der Waals surface area (Å²) in [7, 11) is 1.60. The van der Waals surface area contributed by atoms with Gasteiger partial charge in [0.2, 0.25) is 5.91 Å². The Hall–Kier alpha value is -2.08. The summed E-state index contributed by atoms with van der Waals surface area (Å²) in [5, 5.41) is 4.07. The van der Waals surface area contributed by atoms with Crippen molar-refractivity contribution >= 4 is 11.6 Å². The molecule has 1 amide bonds. The summed E-state index contributed by atoms with van der Waals surface area (Å²) in [6.07, 6.45) is 1.29. The molecule has 106 valence electrons. The zero-order valence-corrected chi connectivity index (χ0v) is 11.2. The number of benzene rings is 1. The second-order valence-corrected chi connectivity index (χ2v) is 4.73. The Morgan fingerprint density at radius 2 is 2.25 bits per heavy atom. The van der Waals surface area contributed by atoms with Gasteiger partial charge in [0.1, 0.15) is 12.7 Å². The van der Waals surface area contributed by atoms with E-state index in [0.29, 0.717) is 30.9 Å². The van der Waals surface area contributed by atoms with Crippen LogP contribution in [-0.2, 0) is 9.53 Å². The first-order chi connectivity index (χ1) is 9.76. The summed E-state index contributed by atoms with van der Waals surface area (Å²) in [4.78, 5) is 11.1. The van der Waals surface area contributed by atoms with Gasteiger partial charge in [-0.2, -0.15) is 5.10 Å². The van der Waals surface area contributed by atoms with Crippen LogP contribution >= 0.6 is 0 Å². The lowest BCUT2D eigenvalue weighted by atomic mass is 10.0. The molecule has 6 nitrogen and oxygen atoms in total. The van der Waals surface area contributed by atoms with Crippen LogP contribution in [0.2, 0.25) is 0 Å². The predicted octanol–water partition coefficient (Wildman–Crippen LogP) is 1.09. The summed E-state index contributed by atoms with van der Waals surface area (Å²) in [6.45, 7) is 1.30. The fourth-order valence-electron chi connectivity index (χ4n) is 2.00. The molecule has 0 aromatic heterocycles. The van der Waals surface area contributed by atoms with Crippen LogP contribution < -0.4 is 14.9 Å². The zero-order valence-electron chi connectivity index (χ0n) is 11.2. The van der Waals surface area contributed by atoms with Crippen LogP contribution in [0.3, 0.4) is 0 Å². The Bertz CT molecular complexity index is 552. The minimum Gasteiger partial charge on any atom is -0.493 e. The highest BCUT2D eigenvalue weighted by Gasteiger charge is 2.24. The molecule has 0 aliphatic carbocycles. The SMILES string of the molecule is COc1cc(C2=NNC(=O)CC2)ccc1OCC1CO1. The van der Waals surface area contributed by atoms with E-state index >= 15 is 0 Å². The molecular weight excluding hydrogens is 260 g/mol. The lowest BCUT2D eigenvalue weighted by molar-refractivity contribution is -0.121. The van der Waals surface area contributed by atoms with Crippen LogP contribution in [0.4, 0.5) is 0 Å². The van der Waals surface area contributed by atoms with Crippen LogP contribution in [-0.4, -0.2) is 38.0 Å². The van der Waals surface area contributed by atoms with E-state index in [4.69, 9.17) is 14.2 Å². The van der Waals surface area contributed by atoms with E-state index in [2.05, 4.69) is 10.5 Å². The molecule has 0 spiro atoms. The molecule has 1 unspecified atom stereocenters. The first-order valence-corrected chi connectivity index (χ1v) is 6.54. The predicted molar refractivity (Wildman–Crippen MR) is 72.1 cm³/mol. The number of hydrogen-bond donors (Lipinski definition) is 1. The molecule has 0 saturated carbocycles. The molecule has 2 aliphatic rings.